The van der Waals surface area contributed by atoms with Crippen LogP contribution in [0.5, 0.6) is 5.75 Å². The minimum atomic E-state index is -0.888. The lowest BCUT2D eigenvalue weighted by atomic mass is 9.86. The van der Waals surface area contributed by atoms with E-state index in [9.17, 15) is 5.11 Å². The van der Waals surface area contributed by atoms with Crippen LogP contribution < -0.4 is 4.74 Å². The van der Waals surface area contributed by atoms with Gasteiger partial charge in [-0.15, -0.1) is 0 Å². The smallest absolute Gasteiger partial charge is 0.118 e. The van der Waals surface area contributed by atoms with E-state index in [0.717, 1.165) is 17.0 Å². The number of benzene rings is 1. The second-order valence-electron chi connectivity index (χ2n) is 4.61. The average Bonchev–Trinajstić information content (AvgIpc) is 2.48. The van der Waals surface area contributed by atoms with Crippen LogP contribution in [0.15, 0.2) is 48.7 Å². The van der Waals surface area contributed by atoms with Crippen LogP contribution in [0.1, 0.15) is 24.6 Å². The molecule has 0 saturated carbocycles. The minimum Gasteiger partial charge on any atom is -0.497 e. The Morgan fingerprint density at radius 1 is 1.16 bits per heavy atom. The number of pyridine rings is 1. The van der Waals surface area contributed by atoms with Gasteiger partial charge in [0.2, 0.25) is 0 Å². The molecule has 1 atom stereocenters. The van der Waals surface area contributed by atoms with Gasteiger partial charge in [-0.3, -0.25) is 4.98 Å². The molecular weight excluding hydrogens is 238 g/mol. The van der Waals surface area contributed by atoms with E-state index in [1.807, 2.05) is 49.4 Å². The Hall–Kier alpha value is -1.87. The maximum Gasteiger partial charge on any atom is 0.118 e. The second-order valence-corrected chi connectivity index (χ2v) is 4.61. The molecule has 3 nitrogen and oxygen atoms in total. The molecular formula is C16H19NO2. The molecule has 2 rings (SSSR count). The molecule has 0 aliphatic rings. The summed E-state index contributed by atoms with van der Waals surface area (Å²) < 4.78 is 5.14. The van der Waals surface area contributed by atoms with Crippen molar-refractivity contribution in [2.75, 3.05) is 7.11 Å². The van der Waals surface area contributed by atoms with Crippen LogP contribution in [0.3, 0.4) is 0 Å². The SMILES string of the molecule is CC[C@@](O)(Cc1ccccn1)c1ccc(OC)cc1. The van der Waals surface area contributed by atoms with E-state index in [0.29, 0.717) is 12.8 Å². The van der Waals surface area contributed by atoms with Crippen molar-refractivity contribution in [2.45, 2.75) is 25.4 Å². The van der Waals surface area contributed by atoms with Crippen LogP contribution in [-0.2, 0) is 12.0 Å². The van der Waals surface area contributed by atoms with Crippen LogP contribution in [-0.4, -0.2) is 17.2 Å². The molecule has 0 unspecified atom stereocenters. The van der Waals surface area contributed by atoms with E-state index in [-0.39, 0.29) is 0 Å². The molecule has 0 bridgehead atoms. The van der Waals surface area contributed by atoms with Gasteiger partial charge in [-0.25, -0.2) is 0 Å². The van der Waals surface area contributed by atoms with Crippen LogP contribution in [0, 0.1) is 0 Å². The number of methoxy groups -OCH3 is 1. The highest BCUT2D eigenvalue weighted by Gasteiger charge is 2.28. The number of aliphatic hydroxyl groups is 1. The van der Waals surface area contributed by atoms with Crippen molar-refractivity contribution in [3.63, 3.8) is 0 Å². The molecule has 1 N–H and O–H groups in total. The number of aromatic nitrogens is 1. The highest BCUT2D eigenvalue weighted by molar-refractivity contribution is 5.31. The van der Waals surface area contributed by atoms with E-state index in [2.05, 4.69) is 4.98 Å². The molecule has 2 aromatic rings. The van der Waals surface area contributed by atoms with Gasteiger partial charge in [-0.2, -0.15) is 0 Å². The van der Waals surface area contributed by atoms with Crippen molar-refractivity contribution in [1.29, 1.82) is 0 Å². The Kier molecular flexibility index (Phi) is 4.17. The molecule has 0 aliphatic carbocycles. The first kappa shape index (κ1) is 13.6. The van der Waals surface area contributed by atoms with E-state index < -0.39 is 5.60 Å². The van der Waals surface area contributed by atoms with Crippen molar-refractivity contribution in [3.8, 4) is 5.75 Å². The Labute approximate surface area is 113 Å². The van der Waals surface area contributed by atoms with E-state index in [1.165, 1.54) is 0 Å². The van der Waals surface area contributed by atoms with Crippen molar-refractivity contribution >= 4 is 0 Å². The Morgan fingerprint density at radius 2 is 1.89 bits per heavy atom. The lowest BCUT2D eigenvalue weighted by Crippen LogP contribution is -2.28. The Bertz CT molecular complexity index is 510. The largest absolute Gasteiger partial charge is 0.497 e. The molecule has 0 aliphatic heterocycles. The fraction of sp³-hybridized carbons (Fsp3) is 0.312. The van der Waals surface area contributed by atoms with Crippen LogP contribution in [0.4, 0.5) is 0 Å². The number of nitrogens with zero attached hydrogens (tertiary/aromatic N) is 1. The van der Waals surface area contributed by atoms with Crippen LogP contribution in [0.2, 0.25) is 0 Å². The molecule has 0 radical (unpaired) electrons. The standard InChI is InChI=1S/C16H19NO2/c1-3-16(18,12-14-6-4-5-11-17-14)13-7-9-15(19-2)10-8-13/h4-11,18H,3,12H2,1-2H3/t16-/m1/s1. The van der Waals surface area contributed by atoms with Gasteiger partial charge in [0.25, 0.3) is 0 Å². The zero-order valence-corrected chi connectivity index (χ0v) is 11.3. The van der Waals surface area contributed by atoms with Gasteiger partial charge in [-0.05, 0) is 36.2 Å². The third-order valence-corrected chi connectivity index (χ3v) is 3.41. The second kappa shape index (κ2) is 5.85. The number of hydrogen-bond donors (Lipinski definition) is 1. The maximum atomic E-state index is 10.8. The molecule has 0 fully saturated rings. The average molecular weight is 257 g/mol. The quantitative estimate of drug-likeness (QED) is 0.895. The molecule has 0 saturated heterocycles. The summed E-state index contributed by atoms with van der Waals surface area (Å²) in [6.45, 7) is 1.98. The predicted octanol–water partition coefficient (Wildman–Crippen LogP) is 2.93. The van der Waals surface area contributed by atoms with Crippen LogP contribution in [0.25, 0.3) is 0 Å². The normalized spacial score (nSPS) is 13.8. The number of ether oxygens (including phenoxy) is 1. The third-order valence-electron chi connectivity index (χ3n) is 3.41. The first-order valence-electron chi connectivity index (χ1n) is 6.45. The molecule has 19 heavy (non-hydrogen) atoms. The Balaban J connectivity index is 2.25. The molecule has 3 heteroatoms. The molecule has 0 amide bonds. The van der Waals surface area contributed by atoms with E-state index in [1.54, 1.807) is 13.3 Å². The topological polar surface area (TPSA) is 42.4 Å². The number of hydrogen-bond acceptors (Lipinski definition) is 3. The first-order chi connectivity index (χ1) is 9.18. The molecule has 1 heterocycles. The van der Waals surface area contributed by atoms with E-state index in [4.69, 9.17) is 4.74 Å². The summed E-state index contributed by atoms with van der Waals surface area (Å²) in [6, 6.07) is 13.3. The molecule has 1 aromatic carbocycles. The van der Waals surface area contributed by atoms with Gasteiger partial charge < -0.3 is 9.84 Å². The fourth-order valence-corrected chi connectivity index (χ4v) is 2.13. The predicted molar refractivity (Wildman–Crippen MR) is 75.1 cm³/mol. The Morgan fingerprint density at radius 3 is 2.42 bits per heavy atom. The highest BCUT2D eigenvalue weighted by atomic mass is 16.5. The van der Waals surface area contributed by atoms with Crippen LogP contribution >= 0.6 is 0 Å². The summed E-state index contributed by atoms with van der Waals surface area (Å²) in [5, 5.41) is 10.8. The summed E-state index contributed by atoms with van der Waals surface area (Å²) in [5.74, 6) is 0.792. The zero-order valence-electron chi connectivity index (χ0n) is 11.3. The lowest BCUT2D eigenvalue weighted by Gasteiger charge is -2.27. The zero-order chi connectivity index (χ0) is 13.7. The minimum absolute atomic E-state index is 0.511. The van der Waals surface area contributed by atoms with Crippen molar-refractivity contribution in [1.82, 2.24) is 4.98 Å². The molecule has 0 spiro atoms. The summed E-state index contributed by atoms with van der Waals surface area (Å²) in [5.41, 5.74) is 0.893. The van der Waals surface area contributed by atoms with E-state index >= 15 is 0 Å². The molecule has 1 aromatic heterocycles. The molecule has 100 valence electrons. The number of rotatable bonds is 5. The van der Waals surface area contributed by atoms with Gasteiger partial charge in [0.15, 0.2) is 0 Å². The third kappa shape index (κ3) is 3.12. The fourth-order valence-electron chi connectivity index (χ4n) is 2.13. The van der Waals surface area contributed by atoms with Gasteiger partial charge in [0.05, 0.1) is 12.7 Å². The van der Waals surface area contributed by atoms with Gasteiger partial charge >= 0.3 is 0 Å². The monoisotopic (exact) mass is 257 g/mol. The summed E-state index contributed by atoms with van der Waals surface area (Å²) in [4.78, 5) is 4.29. The van der Waals surface area contributed by atoms with Crippen molar-refractivity contribution in [2.24, 2.45) is 0 Å². The summed E-state index contributed by atoms with van der Waals surface area (Å²) in [7, 11) is 1.63. The summed E-state index contributed by atoms with van der Waals surface area (Å²) in [6.07, 6.45) is 2.89. The van der Waals surface area contributed by atoms with Crippen molar-refractivity contribution in [3.05, 3.63) is 59.9 Å². The first-order valence-corrected chi connectivity index (χ1v) is 6.45. The van der Waals surface area contributed by atoms with Gasteiger partial charge in [-0.1, -0.05) is 25.1 Å². The van der Waals surface area contributed by atoms with Gasteiger partial charge in [0, 0.05) is 18.3 Å². The maximum absolute atomic E-state index is 10.8. The lowest BCUT2D eigenvalue weighted by molar-refractivity contribution is 0.0317. The van der Waals surface area contributed by atoms with Gasteiger partial charge in [0.1, 0.15) is 5.75 Å². The van der Waals surface area contributed by atoms with Crippen molar-refractivity contribution < 1.29 is 9.84 Å². The highest BCUT2D eigenvalue weighted by Crippen LogP contribution is 2.29. The summed E-state index contributed by atoms with van der Waals surface area (Å²) >= 11 is 0.